The molecular formula is C16H25N3O2. The third kappa shape index (κ3) is 4.36. The number of ether oxygens (including phenoxy) is 1. The van der Waals surface area contributed by atoms with Crippen LogP contribution in [-0.2, 0) is 4.74 Å². The lowest BCUT2D eigenvalue weighted by Gasteiger charge is -2.29. The number of esters is 1. The maximum atomic E-state index is 11.6. The molecule has 0 aliphatic carbocycles. The number of piperidine rings is 1. The van der Waals surface area contributed by atoms with Crippen molar-refractivity contribution < 1.29 is 9.53 Å². The van der Waals surface area contributed by atoms with Gasteiger partial charge >= 0.3 is 5.97 Å². The van der Waals surface area contributed by atoms with Crippen molar-refractivity contribution in [3.8, 4) is 0 Å². The molecule has 0 atom stereocenters. The van der Waals surface area contributed by atoms with Gasteiger partial charge in [-0.15, -0.1) is 0 Å². The van der Waals surface area contributed by atoms with E-state index in [1.807, 2.05) is 6.07 Å². The van der Waals surface area contributed by atoms with Crippen molar-refractivity contribution in [1.29, 1.82) is 0 Å². The SMILES string of the molecule is COC(=O)c1cc(NCCC2CCN(C)CC2)ccc1N. The monoisotopic (exact) mass is 291 g/mol. The molecule has 5 nitrogen and oxygen atoms in total. The number of nitrogens with two attached hydrogens (primary N) is 1. The highest BCUT2D eigenvalue weighted by Gasteiger charge is 2.16. The van der Waals surface area contributed by atoms with Crippen molar-refractivity contribution in [2.45, 2.75) is 19.3 Å². The predicted octanol–water partition coefficient (Wildman–Crippen LogP) is 2.20. The van der Waals surface area contributed by atoms with Crippen LogP contribution in [0.2, 0.25) is 0 Å². The highest BCUT2D eigenvalue weighted by molar-refractivity contribution is 5.96. The van der Waals surface area contributed by atoms with Crippen molar-refractivity contribution in [3.05, 3.63) is 23.8 Å². The molecule has 0 saturated carbocycles. The molecule has 5 heteroatoms. The van der Waals surface area contributed by atoms with Crippen molar-refractivity contribution in [1.82, 2.24) is 4.90 Å². The van der Waals surface area contributed by atoms with Crippen LogP contribution in [0.4, 0.5) is 11.4 Å². The zero-order chi connectivity index (χ0) is 15.2. The van der Waals surface area contributed by atoms with E-state index in [4.69, 9.17) is 10.5 Å². The summed E-state index contributed by atoms with van der Waals surface area (Å²) in [4.78, 5) is 14.0. The number of hydrogen-bond acceptors (Lipinski definition) is 5. The van der Waals surface area contributed by atoms with E-state index in [1.54, 1.807) is 12.1 Å². The van der Waals surface area contributed by atoms with E-state index in [2.05, 4.69) is 17.3 Å². The van der Waals surface area contributed by atoms with Crippen molar-refractivity contribution in [2.24, 2.45) is 5.92 Å². The molecule has 0 bridgehead atoms. The molecule has 0 amide bonds. The summed E-state index contributed by atoms with van der Waals surface area (Å²) in [5.41, 5.74) is 7.57. The van der Waals surface area contributed by atoms with Gasteiger partial charge in [0.2, 0.25) is 0 Å². The standard InChI is InChI=1S/C16H25N3O2/c1-19-9-6-12(7-10-19)5-8-18-13-3-4-15(17)14(11-13)16(20)21-2/h3-4,11-12,18H,5-10,17H2,1-2H3. The molecule has 21 heavy (non-hydrogen) atoms. The van der Waals surface area contributed by atoms with Gasteiger partial charge in [0.15, 0.2) is 0 Å². The summed E-state index contributed by atoms with van der Waals surface area (Å²) in [5, 5.41) is 3.37. The van der Waals surface area contributed by atoms with Crippen LogP contribution in [-0.4, -0.2) is 44.7 Å². The number of carbonyl (C=O) groups excluding carboxylic acids is 1. The van der Waals surface area contributed by atoms with Crippen LogP contribution in [0.25, 0.3) is 0 Å². The maximum Gasteiger partial charge on any atom is 0.340 e. The molecule has 1 heterocycles. The molecule has 116 valence electrons. The van der Waals surface area contributed by atoms with Crippen LogP contribution in [0.1, 0.15) is 29.6 Å². The van der Waals surface area contributed by atoms with E-state index < -0.39 is 5.97 Å². The summed E-state index contributed by atoms with van der Waals surface area (Å²) in [6, 6.07) is 5.40. The fraction of sp³-hybridized carbons (Fsp3) is 0.562. The minimum Gasteiger partial charge on any atom is -0.465 e. The van der Waals surface area contributed by atoms with Gasteiger partial charge in [0.05, 0.1) is 12.7 Å². The van der Waals surface area contributed by atoms with Crippen molar-refractivity contribution in [2.75, 3.05) is 44.8 Å². The number of hydrogen-bond donors (Lipinski definition) is 2. The molecule has 1 fully saturated rings. The molecule has 1 saturated heterocycles. The van der Waals surface area contributed by atoms with Crippen LogP contribution in [0.5, 0.6) is 0 Å². The van der Waals surface area contributed by atoms with Gasteiger partial charge in [-0.05, 0) is 63.5 Å². The minimum atomic E-state index is -0.397. The number of anilines is 2. The molecule has 2 rings (SSSR count). The van der Waals surface area contributed by atoms with Crippen LogP contribution in [0.3, 0.4) is 0 Å². The average molecular weight is 291 g/mol. The zero-order valence-corrected chi connectivity index (χ0v) is 12.9. The number of nitrogens with zero attached hydrogens (tertiary/aromatic N) is 1. The summed E-state index contributed by atoms with van der Waals surface area (Å²) in [6.07, 6.45) is 3.70. The Hall–Kier alpha value is -1.75. The van der Waals surface area contributed by atoms with Gasteiger partial charge < -0.3 is 20.7 Å². The summed E-state index contributed by atoms with van der Waals surface area (Å²) < 4.78 is 4.73. The number of nitrogens with one attached hydrogen (secondary N) is 1. The number of benzene rings is 1. The normalized spacial score (nSPS) is 16.7. The second-order valence-corrected chi connectivity index (χ2v) is 5.76. The minimum absolute atomic E-state index is 0.397. The Balaban J connectivity index is 1.84. The van der Waals surface area contributed by atoms with E-state index in [-0.39, 0.29) is 0 Å². The summed E-state index contributed by atoms with van der Waals surface area (Å²) in [7, 11) is 3.54. The quantitative estimate of drug-likeness (QED) is 0.643. The summed E-state index contributed by atoms with van der Waals surface area (Å²) >= 11 is 0. The van der Waals surface area contributed by atoms with Gasteiger partial charge in [-0.3, -0.25) is 0 Å². The summed E-state index contributed by atoms with van der Waals surface area (Å²) in [6.45, 7) is 3.30. The van der Waals surface area contributed by atoms with Crippen molar-refractivity contribution >= 4 is 17.3 Å². The van der Waals surface area contributed by atoms with Gasteiger partial charge in [-0.25, -0.2) is 4.79 Å². The lowest BCUT2D eigenvalue weighted by molar-refractivity contribution is 0.0602. The Morgan fingerprint density at radius 1 is 1.43 bits per heavy atom. The van der Waals surface area contributed by atoms with Crippen LogP contribution in [0, 0.1) is 5.92 Å². The Morgan fingerprint density at radius 2 is 2.14 bits per heavy atom. The topological polar surface area (TPSA) is 67.6 Å². The fourth-order valence-electron chi connectivity index (χ4n) is 2.72. The van der Waals surface area contributed by atoms with Gasteiger partial charge in [0.1, 0.15) is 0 Å². The fourth-order valence-corrected chi connectivity index (χ4v) is 2.72. The first-order valence-corrected chi connectivity index (χ1v) is 7.50. The largest absolute Gasteiger partial charge is 0.465 e. The molecule has 1 aromatic carbocycles. The maximum absolute atomic E-state index is 11.6. The number of likely N-dealkylation sites (tertiary alicyclic amines) is 1. The third-order valence-corrected chi connectivity index (χ3v) is 4.18. The first kappa shape index (κ1) is 15.6. The van der Waals surface area contributed by atoms with Crippen molar-refractivity contribution in [3.63, 3.8) is 0 Å². The molecule has 3 N–H and O–H groups in total. The number of methoxy groups -OCH3 is 1. The van der Waals surface area contributed by atoms with E-state index in [9.17, 15) is 4.79 Å². The summed E-state index contributed by atoms with van der Waals surface area (Å²) in [5.74, 6) is 0.397. The molecule has 1 aliphatic heterocycles. The molecular weight excluding hydrogens is 266 g/mol. The van der Waals surface area contributed by atoms with E-state index >= 15 is 0 Å². The number of nitrogen functional groups attached to an aromatic ring is 1. The Morgan fingerprint density at radius 3 is 2.81 bits per heavy atom. The van der Waals surface area contributed by atoms with Gasteiger partial charge in [0, 0.05) is 17.9 Å². The Bertz CT molecular complexity index is 482. The van der Waals surface area contributed by atoms with E-state index in [0.29, 0.717) is 11.3 Å². The van der Waals surface area contributed by atoms with Crippen LogP contribution in [0.15, 0.2) is 18.2 Å². The lowest BCUT2D eigenvalue weighted by atomic mass is 9.94. The van der Waals surface area contributed by atoms with E-state index in [0.717, 1.165) is 24.6 Å². The first-order valence-electron chi connectivity index (χ1n) is 7.50. The van der Waals surface area contributed by atoms with Gasteiger partial charge in [-0.2, -0.15) is 0 Å². The first-order chi connectivity index (χ1) is 10.1. The highest BCUT2D eigenvalue weighted by atomic mass is 16.5. The Kier molecular flexibility index (Phi) is 5.44. The van der Waals surface area contributed by atoms with Crippen LogP contribution < -0.4 is 11.1 Å². The molecule has 0 aromatic heterocycles. The lowest BCUT2D eigenvalue weighted by Crippen LogP contribution is -2.30. The number of carbonyl (C=O) groups is 1. The molecule has 1 aromatic rings. The molecule has 0 unspecified atom stereocenters. The highest BCUT2D eigenvalue weighted by Crippen LogP contribution is 2.21. The second kappa shape index (κ2) is 7.31. The predicted molar refractivity (Wildman–Crippen MR) is 85.5 cm³/mol. The molecule has 1 aliphatic rings. The molecule has 0 spiro atoms. The second-order valence-electron chi connectivity index (χ2n) is 5.76. The number of rotatable bonds is 5. The average Bonchev–Trinajstić information content (AvgIpc) is 2.50. The smallest absolute Gasteiger partial charge is 0.340 e. The van der Waals surface area contributed by atoms with Gasteiger partial charge in [-0.1, -0.05) is 0 Å². The van der Waals surface area contributed by atoms with Crippen LogP contribution >= 0.6 is 0 Å². The Labute approximate surface area is 126 Å². The van der Waals surface area contributed by atoms with Gasteiger partial charge in [0.25, 0.3) is 0 Å². The third-order valence-electron chi connectivity index (χ3n) is 4.18. The molecule has 0 radical (unpaired) electrons. The zero-order valence-electron chi connectivity index (χ0n) is 12.9. The van der Waals surface area contributed by atoms with E-state index in [1.165, 1.54) is 33.0 Å².